The zero-order valence-electron chi connectivity index (χ0n) is 12.2. The standard InChI is InChI=1S/C20H14ClN/c1-13-10-11-14-6-2-4-8-16(14)19(13)20-17-9-5-3-7-15(17)12-18(21)22-20/h2-12H,1H3. The van der Waals surface area contributed by atoms with Crippen LogP contribution in [-0.2, 0) is 0 Å². The number of halogens is 1. The summed E-state index contributed by atoms with van der Waals surface area (Å²) >= 11 is 6.27. The first kappa shape index (κ1) is 13.3. The van der Waals surface area contributed by atoms with Gasteiger partial charge in [0.25, 0.3) is 0 Å². The number of rotatable bonds is 1. The fourth-order valence-electron chi connectivity index (χ4n) is 3.05. The molecule has 0 bridgehead atoms. The number of benzene rings is 3. The quantitative estimate of drug-likeness (QED) is 0.392. The summed E-state index contributed by atoms with van der Waals surface area (Å²) in [6.07, 6.45) is 0. The molecule has 4 rings (SSSR count). The molecule has 3 aromatic carbocycles. The lowest BCUT2D eigenvalue weighted by molar-refractivity contribution is 1.34. The van der Waals surface area contributed by atoms with Gasteiger partial charge in [-0.2, -0.15) is 0 Å². The molecule has 0 saturated heterocycles. The highest BCUT2D eigenvalue weighted by Crippen LogP contribution is 2.36. The molecule has 0 aliphatic heterocycles. The molecule has 0 saturated carbocycles. The van der Waals surface area contributed by atoms with Gasteiger partial charge in [-0.15, -0.1) is 0 Å². The average Bonchev–Trinajstić information content (AvgIpc) is 2.54. The third kappa shape index (κ3) is 2.06. The van der Waals surface area contributed by atoms with Crippen molar-refractivity contribution in [1.29, 1.82) is 0 Å². The van der Waals surface area contributed by atoms with Crippen LogP contribution in [0.1, 0.15) is 5.56 Å². The predicted molar refractivity (Wildman–Crippen MR) is 94.4 cm³/mol. The van der Waals surface area contributed by atoms with E-state index in [4.69, 9.17) is 11.6 Å². The maximum absolute atomic E-state index is 6.27. The summed E-state index contributed by atoms with van der Waals surface area (Å²) in [5, 5.41) is 5.20. The van der Waals surface area contributed by atoms with Crippen molar-refractivity contribution >= 4 is 33.1 Å². The first-order valence-electron chi connectivity index (χ1n) is 7.28. The van der Waals surface area contributed by atoms with E-state index in [2.05, 4.69) is 60.4 Å². The normalized spacial score (nSPS) is 11.2. The number of fused-ring (bicyclic) bond motifs is 2. The van der Waals surface area contributed by atoms with Crippen LogP contribution in [0, 0.1) is 6.92 Å². The molecular weight excluding hydrogens is 290 g/mol. The van der Waals surface area contributed by atoms with Gasteiger partial charge < -0.3 is 0 Å². The molecule has 0 aliphatic carbocycles. The maximum atomic E-state index is 6.27. The first-order chi connectivity index (χ1) is 10.7. The number of aryl methyl sites for hydroxylation is 1. The van der Waals surface area contributed by atoms with E-state index in [1.54, 1.807) is 0 Å². The van der Waals surface area contributed by atoms with Crippen LogP contribution in [0.2, 0.25) is 5.15 Å². The van der Waals surface area contributed by atoms with E-state index >= 15 is 0 Å². The number of aromatic nitrogens is 1. The zero-order valence-corrected chi connectivity index (χ0v) is 12.9. The van der Waals surface area contributed by atoms with Gasteiger partial charge >= 0.3 is 0 Å². The molecule has 0 radical (unpaired) electrons. The third-order valence-corrected chi connectivity index (χ3v) is 4.28. The number of nitrogens with zero attached hydrogens (tertiary/aromatic N) is 1. The van der Waals surface area contributed by atoms with Crippen LogP contribution in [0.4, 0.5) is 0 Å². The van der Waals surface area contributed by atoms with Gasteiger partial charge in [0, 0.05) is 10.9 Å². The minimum absolute atomic E-state index is 0.529. The van der Waals surface area contributed by atoms with Crippen LogP contribution in [-0.4, -0.2) is 4.98 Å². The van der Waals surface area contributed by atoms with Crippen molar-refractivity contribution in [1.82, 2.24) is 4.98 Å². The SMILES string of the molecule is Cc1ccc2ccccc2c1-c1nc(Cl)cc2ccccc12. The van der Waals surface area contributed by atoms with Gasteiger partial charge in [0.1, 0.15) is 5.15 Å². The molecule has 0 fully saturated rings. The van der Waals surface area contributed by atoms with E-state index in [1.165, 1.54) is 16.3 Å². The molecule has 106 valence electrons. The van der Waals surface area contributed by atoms with Crippen molar-refractivity contribution in [3.63, 3.8) is 0 Å². The van der Waals surface area contributed by atoms with Crippen LogP contribution >= 0.6 is 11.6 Å². The largest absolute Gasteiger partial charge is 0.235 e. The van der Waals surface area contributed by atoms with Gasteiger partial charge in [0.15, 0.2) is 0 Å². The fourth-order valence-corrected chi connectivity index (χ4v) is 3.25. The Morgan fingerprint density at radius 2 is 1.45 bits per heavy atom. The zero-order chi connectivity index (χ0) is 15.1. The van der Waals surface area contributed by atoms with Gasteiger partial charge in [-0.25, -0.2) is 4.98 Å². The van der Waals surface area contributed by atoms with E-state index in [-0.39, 0.29) is 0 Å². The van der Waals surface area contributed by atoms with Crippen LogP contribution < -0.4 is 0 Å². The average molecular weight is 304 g/mol. The highest BCUT2D eigenvalue weighted by molar-refractivity contribution is 6.30. The second-order valence-corrected chi connectivity index (χ2v) is 5.88. The van der Waals surface area contributed by atoms with E-state index in [0.29, 0.717) is 5.15 Å². The monoisotopic (exact) mass is 303 g/mol. The van der Waals surface area contributed by atoms with Crippen LogP contribution in [0.3, 0.4) is 0 Å². The van der Waals surface area contributed by atoms with Crippen LogP contribution in [0.5, 0.6) is 0 Å². The Kier molecular flexibility index (Phi) is 3.09. The Morgan fingerprint density at radius 1 is 0.773 bits per heavy atom. The summed E-state index contributed by atoms with van der Waals surface area (Å²) < 4.78 is 0. The summed E-state index contributed by atoms with van der Waals surface area (Å²) in [7, 11) is 0. The van der Waals surface area contributed by atoms with E-state index in [0.717, 1.165) is 22.0 Å². The van der Waals surface area contributed by atoms with Gasteiger partial charge in [-0.1, -0.05) is 72.3 Å². The molecule has 0 unspecified atom stereocenters. The molecule has 4 aromatic rings. The van der Waals surface area contributed by atoms with Crippen LogP contribution in [0.15, 0.2) is 66.7 Å². The molecular formula is C20H14ClN. The lowest BCUT2D eigenvalue weighted by Gasteiger charge is -2.13. The summed E-state index contributed by atoms with van der Waals surface area (Å²) in [4.78, 5) is 4.65. The van der Waals surface area contributed by atoms with Crippen LogP contribution in [0.25, 0.3) is 32.8 Å². The number of hydrogen-bond donors (Lipinski definition) is 0. The molecule has 2 heteroatoms. The molecule has 1 nitrogen and oxygen atoms in total. The van der Waals surface area contributed by atoms with E-state index in [9.17, 15) is 0 Å². The third-order valence-electron chi connectivity index (χ3n) is 4.08. The summed E-state index contributed by atoms with van der Waals surface area (Å²) in [5.74, 6) is 0. The van der Waals surface area contributed by atoms with Crippen molar-refractivity contribution < 1.29 is 0 Å². The predicted octanol–water partition coefficient (Wildman–Crippen LogP) is 6.02. The molecule has 0 spiro atoms. The van der Waals surface area contributed by atoms with Gasteiger partial charge in [0.2, 0.25) is 0 Å². The maximum Gasteiger partial charge on any atom is 0.130 e. The van der Waals surface area contributed by atoms with Gasteiger partial charge in [-0.05, 0) is 34.7 Å². The highest BCUT2D eigenvalue weighted by Gasteiger charge is 2.13. The van der Waals surface area contributed by atoms with Gasteiger partial charge in [-0.3, -0.25) is 0 Å². The second-order valence-electron chi connectivity index (χ2n) is 5.49. The Bertz CT molecular complexity index is 1000. The Labute approximate surface area is 134 Å². The molecule has 0 atom stereocenters. The van der Waals surface area contributed by atoms with Crippen molar-refractivity contribution in [3.8, 4) is 11.3 Å². The fraction of sp³-hybridized carbons (Fsp3) is 0.0500. The van der Waals surface area contributed by atoms with Crippen molar-refractivity contribution in [2.75, 3.05) is 0 Å². The van der Waals surface area contributed by atoms with Crippen molar-refractivity contribution in [2.24, 2.45) is 0 Å². The Morgan fingerprint density at radius 3 is 2.27 bits per heavy atom. The molecule has 1 heterocycles. The molecule has 1 aromatic heterocycles. The lowest BCUT2D eigenvalue weighted by atomic mass is 9.94. The smallest absolute Gasteiger partial charge is 0.130 e. The Balaban J connectivity index is 2.18. The highest BCUT2D eigenvalue weighted by atomic mass is 35.5. The van der Waals surface area contributed by atoms with Crippen molar-refractivity contribution in [3.05, 3.63) is 77.4 Å². The summed E-state index contributed by atoms with van der Waals surface area (Å²) in [6, 6.07) is 22.9. The van der Waals surface area contributed by atoms with Crippen molar-refractivity contribution in [2.45, 2.75) is 6.92 Å². The first-order valence-corrected chi connectivity index (χ1v) is 7.66. The molecule has 22 heavy (non-hydrogen) atoms. The number of hydrogen-bond acceptors (Lipinski definition) is 1. The molecule has 0 aliphatic rings. The molecule has 0 N–H and O–H groups in total. The van der Waals surface area contributed by atoms with Gasteiger partial charge in [0.05, 0.1) is 5.69 Å². The minimum atomic E-state index is 0.529. The second kappa shape index (κ2) is 5.11. The lowest BCUT2D eigenvalue weighted by Crippen LogP contribution is -1.92. The minimum Gasteiger partial charge on any atom is -0.235 e. The summed E-state index contributed by atoms with van der Waals surface area (Å²) in [6.45, 7) is 2.12. The van der Waals surface area contributed by atoms with E-state index in [1.807, 2.05) is 18.2 Å². The van der Waals surface area contributed by atoms with E-state index < -0.39 is 0 Å². The topological polar surface area (TPSA) is 12.9 Å². The summed E-state index contributed by atoms with van der Waals surface area (Å²) in [5.41, 5.74) is 3.33. The Hall–Kier alpha value is -2.38. The molecule has 0 amide bonds. The number of pyridine rings is 1.